The predicted molar refractivity (Wildman–Crippen MR) is 99.2 cm³/mol. The van der Waals surface area contributed by atoms with Gasteiger partial charge in [-0.2, -0.15) is 13.2 Å². The van der Waals surface area contributed by atoms with Crippen LogP contribution < -0.4 is 10.6 Å². The van der Waals surface area contributed by atoms with Gasteiger partial charge in [0.15, 0.2) is 0 Å². The van der Waals surface area contributed by atoms with Crippen molar-refractivity contribution < 1.29 is 32.3 Å². The Bertz CT molecular complexity index is 913. The lowest BCUT2D eigenvalue weighted by Gasteiger charge is -2.18. The SMILES string of the molecule is COC(=O)[C@@H](Cc1cccc(C(F)(F)F)c1)NC(=O)c1ccccc1NC(C)=O. The molecule has 0 aliphatic heterocycles. The zero-order valence-corrected chi connectivity index (χ0v) is 15.7. The van der Waals surface area contributed by atoms with Gasteiger partial charge in [-0.05, 0) is 23.8 Å². The van der Waals surface area contributed by atoms with Gasteiger partial charge in [-0.1, -0.05) is 30.3 Å². The van der Waals surface area contributed by atoms with Crippen LogP contribution in [0.5, 0.6) is 0 Å². The van der Waals surface area contributed by atoms with E-state index in [2.05, 4.69) is 15.4 Å². The maximum atomic E-state index is 12.9. The van der Waals surface area contributed by atoms with Crippen molar-refractivity contribution in [3.8, 4) is 0 Å². The maximum absolute atomic E-state index is 12.9. The van der Waals surface area contributed by atoms with Crippen molar-refractivity contribution >= 4 is 23.5 Å². The van der Waals surface area contributed by atoms with Crippen LogP contribution in [0.25, 0.3) is 0 Å². The van der Waals surface area contributed by atoms with Crippen molar-refractivity contribution in [1.82, 2.24) is 5.32 Å². The first-order valence-electron chi connectivity index (χ1n) is 8.53. The zero-order chi connectivity index (χ0) is 21.6. The molecule has 2 N–H and O–H groups in total. The molecule has 0 spiro atoms. The van der Waals surface area contributed by atoms with Gasteiger partial charge in [0.25, 0.3) is 5.91 Å². The highest BCUT2D eigenvalue weighted by Crippen LogP contribution is 2.29. The number of alkyl halides is 3. The average molecular weight is 408 g/mol. The monoisotopic (exact) mass is 408 g/mol. The second-order valence-electron chi connectivity index (χ2n) is 6.18. The van der Waals surface area contributed by atoms with Gasteiger partial charge in [0.05, 0.1) is 23.9 Å². The molecule has 2 aromatic rings. The minimum absolute atomic E-state index is 0.0978. The summed E-state index contributed by atoms with van der Waals surface area (Å²) < 4.78 is 43.4. The van der Waals surface area contributed by atoms with E-state index in [4.69, 9.17) is 0 Å². The van der Waals surface area contributed by atoms with Gasteiger partial charge < -0.3 is 15.4 Å². The molecular weight excluding hydrogens is 389 g/mol. The van der Waals surface area contributed by atoms with Gasteiger partial charge in [-0.3, -0.25) is 9.59 Å². The quantitative estimate of drug-likeness (QED) is 0.719. The van der Waals surface area contributed by atoms with E-state index < -0.39 is 35.6 Å². The third-order valence-corrected chi connectivity index (χ3v) is 3.97. The number of hydrogen-bond donors (Lipinski definition) is 2. The summed E-state index contributed by atoms with van der Waals surface area (Å²) >= 11 is 0. The number of anilines is 1. The number of ether oxygens (including phenoxy) is 1. The van der Waals surface area contributed by atoms with Crippen molar-refractivity contribution in [1.29, 1.82) is 0 Å². The molecule has 0 unspecified atom stereocenters. The molecule has 154 valence electrons. The highest BCUT2D eigenvalue weighted by atomic mass is 19.4. The van der Waals surface area contributed by atoms with Crippen molar-refractivity contribution in [2.75, 3.05) is 12.4 Å². The molecule has 6 nitrogen and oxygen atoms in total. The number of carbonyl (C=O) groups is 3. The number of esters is 1. The van der Waals surface area contributed by atoms with Crippen LogP contribution in [-0.4, -0.2) is 30.9 Å². The molecule has 2 amide bonds. The fourth-order valence-electron chi connectivity index (χ4n) is 2.66. The molecule has 29 heavy (non-hydrogen) atoms. The van der Waals surface area contributed by atoms with Gasteiger partial charge in [-0.25, -0.2) is 4.79 Å². The lowest BCUT2D eigenvalue weighted by molar-refractivity contribution is -0.142. The van der Waals surface area contributed by atoms with Crippen LogP contribution in [0.2, 0.25) is 0 Å². The van der Waals surface area contributed by atoms with Crippen LogP contribution in [0.4, 0.5) is 18.9 Å². The second kappa shape index (κ2) is 9.22. The van der Waals surface area contributed by atoms with Crippen LogP contribution in [0.3, 0.4) is 0 Å². The highest BCUT2D eigenvalue weighted by molar-refractivity contribution is 6.04. The van der Waals surface area contributed by atoms with Crippen LogP contribution in [-0.2, 0) is 26.9 Å². The summed E-state index contributed by atoms with van der Waals surface area (Å²) in [7, 11) is 1.11. The van der Waals surface area contributed by atoms with E-state index >= 15 is 0 Å². The molecule has 0 heterocycles. The molecule has 0 fully saturated rings. The van der Waals surface area contributed by atoms with Crippen LogP contribution in [0.15, 0.2) is 48.5 Å². The first-order valence-corrected chi connectivity index (χ1v) is 8.53. The number of rotatable bonds is 6. The smallest absolute Gasteiger partial charge is 0.416 e. The lowest BCUT2D eigenvalue weighted by Crippen LogP contribution is -2.43. The topological polar surface area (TPSA) is 84.5 Å². The second-order valence-corrected chi connectivity index (χ2v) is 6.18. The number of benzene rings is 2. The van der Waals surface area contributed by atoms with E-state index in [1.807, 2.05) is 0 Å². The van der Waals surface area contributed by atoms with E-state index in [0.29, 0.717) is 0 Å². The summed E-state index contributed by atoms with van der Waals surface area (Å²) in [6.45, 7) is 1.28. The average Bonchev–Trinajstić information content (AvgIpc) is 2.66. The molecule has 2 aromatic carbocycles. The standard InChI is InChI=1S/C20H19F3N2O4/c1-12(26)24-16-9-4-3-8-15(16)18(27)25-17(19(28)29-2)11-13-6-5-7-14(10-13)20(21,22)23/h3-10,17H,11H2,1-2H3,(H,24,26)(H,25,27)/t17-/m1/s1. The summed E-state index contributed by atoms with van der Waals surface area (Å²) in [6, 6.07) is 9.38. The van der Waals surface area contributed by atoms with E-state index in [-0.39, 0.29) is 23.2 Å². The molecule has 0 aromatic heterocycles. The zero-order valence-electron chi connectivity index (χ0n) is 15.7. The minimum Gasteiger partial charge on any atom is -0.467 e. The first-order chi connectivity index (χ1) is 13.6. The molecule has 0 bridgehead atoms. The van der Waals surface area contributed by atoms with E-state index in [9.17, 15) is 27.6 Å². The number of carbonyl (C=O) groups excluding carboxylic acids is 3. The van der Waals surface area contributed by atoms with Crippen LogP contribution in [0.1, 0.15) is 28.4 Å². The summed E-state index contributed by atoms with van der Waals surface area (Å²) in [4.78, 5) is 36.1. The Morgan fingerprint density at radius 3 is 2.38 bits per heavy atom. The van der Waals surface area contributed by atoms with E-state index in [0.717, 1.165) is 19.2 Å². The van der Waals surface area contributed by atoms with Gasteiger partial charge >= 0.3 is 12.1 Å². The predicted octanol–water partition coefficient (Wildman–Crippen LogP) is 3.18. The summed E-state index contributed by atoms with van der Waals surface area (Å²) in [5.74, 6) is -1.89. The molecule has 1 atom stereocenters. The third-order valence-electron chi connectivity index (χ3n) is 3.97. The number of hydrogen-bond acceptors (Lipinski definition) is 4. The van der Waals surface area contributed by atoms with Crippen molar-refractivity contribution in [3.63, 3.8) is 0 Å². The molecule has 0 saturated carbocycles. The first kappa shape index (κ1) is 21.9. The lowest BCUT2D eigenvalue weighted by atomic mass is 10.0. The van der Waals surface area contributed by atoms with E-state index in [1.54, 1.807) is 12.1 Å². The van der Waals surface area contributed by atoms with Crippen molar-refractivity contribution in [2.24, 2.45) is 0 Å². The largest absolute Gasteiger partial charge is 0.467 e. The summed E-state index contributed by atoms with van der Waals surface area (Å²) in [5, 5.41) is 4.96. The van der Waals surface area contributed by atoms with Gasteiger partial charge in [-0.15, -0.1) is 0 Å². The highest BCUT2D eigenvalue weighted by Gasteiger charge is 2.31. The van der Waals surface area contributed by atoms with Crippen molar-refractivity contribution in [2.45, 2.75) is 25.6 Å². The van der Waals surface area contributed by atoms with Gasteiger partial charge in [0, 0.05) is 13.3 Å². The normalized spacial score (nSPS) is 12.0. The fourth-order valence-corrected chi connectivity index (χ4v) is 2.66. The van der Waals surface area contributed by atoms with Gasteiger partial charge in [0.2, 0.25) is 5.91 Å². The molecule has 9 heteroatoms. The number of para-hydroxylation sites is 1. The molecule has 0 saturated heterocycles. The molecule has 0 radical (unpaired) electrons. The Balaban J connectivity index is 2.26. The Morgan fingerprint density at radius 1 is 1.07 bits per heavy atom. The van der Waals surface area contributed by atoms with Gasteiger partial charge in [0.1, 0.15) is 6.04 Å². The van der Waals surface area contributed by atoms with Crippen LogP contribution in [0, 0.1) is 0 Å². The summed E-state index contributed by atoms with van der Waals surface area (Å²) in [6.07, 6.45) is -4.73. The fraction of sp³-hybridized carbons (Fsp3) is 0.250. The number of nitrogens with one attached hydrogen (secondary N) is 2. The Labute approximate surface area is 165 Å². The Hall–Kier alpha value is -3.36. The molecular formula is C20H19F3N2O4. The number of amides is 2. The Morgan fingerprint density at radius 2 is 1.76 bits per heavy atom. The summed E-state index contributed by atoms with van der Waals surface area (Å²) in [5.41, 5.74) is -0.326. The minimum atomic E-state index is -4.53. The Kier molecular flexibility index (Phi) is 6.98. The maximum Gasteiger partial charge on any atom is 0.416 e. The van der Waals surface area contributed by atoms with Crippen molar-refractivity contribution in [3.05, 3.63) is 65.2 Å². The third kappa shape index (κ3) is 6.06. The molecule has 2 rings (SSSR count). The van der Waals surface area contributed by atoms with E-state index in [1.165, 1.54) is 31.2 Å². The number of methoxy groups -OCH3 is 1. The van der Waals surface area contributed by atoms with Crippen LogP contribution >= 0.6 is 0 Å². The molecule has 0 aliphatic carbocycles. The number of halogens is 3. The molecule has 0 aliphatic rings.